The van der Waals surface area contributed by atoms with Crippen LogP contribution < -0.4 is 0 Å². The maximum atomic E-state index is 11.3. The van der Waals surface area contributed by atoms with Crippen molar-refractivity contribution >= 4 is 6.16 Å². The fourth-order valence-corrected chi connectivity index (χ4v) is 3.03. The maximum absolute atomic E-state index is 11.3. The van der Waals surface area contributed by atoms with Gasteiger partial charge in [0, 0.05) is 0 Å². The van der Waals surface area contributed by atoms with E-state index in [9.17, 15) is 4.79 Å². The molecule has 174 valence electrons. The van der Waals surface area contributed by atoms with E-state index in [2.05, 4.69) is 16.8 Å². The Balaban J connectivity index is 3.19. The molecule has 0 aromatic rings. The van der Waals surface area contributed by atoms with Crippen molar-refractivity contribution in [3.63, 3.8) is 0 Å². The number of hydrogen-bond acceptors (Lipinski definition) is 5. The first-order valence-electron chi connectivity index (χ1n) is 12.2. The van der Waals surface area contributed by atoms with Gasteiger partial charge in [0.25, 0.3) is 0 Å². The fraction of sp³-hybridized carbons (Fsp3) is 0.958. The molecule has 0 amide bonds. The molecule has 0 heterocycles. The van der Waals surface area contributed by atoms with E-state index in [1.54, 1.807) is 0 Å². The van der Waals surface area contributed by atoms with Crippen LogP contribution in [0.15, 0.2) is 0 Å². The van der Waals surface area contributed by atoms with Gasteiger partial charge in [0.15, 0.2) is 0 Å². The van der Waals surface area contributed by atoms with Gasteiger partial charge in [-0.15, -0.1) is 0 Å². The first kappa shape index (κ1) is 28.2. The van der Waals surface area contributed by atoms with Gasteiger partial charge in [-0.1, -0.05) is 110 Å². The highest BCUT2D eigenvalue weighted by molar-refractivity contribution is 5.58. The Hall–Kier alpha value is -0.810. The normalized spacial score (nSPS) is 11.6. The van der Waals surface area contributed by atoms with Gasteiger partial charge in [0.1, 0.15) is 5.60 Å². The highest BCUT2D eigenvalue weighted by Crippen LogP contribution is 2.15. The third-order valence-electron chi connectivity index (χ3n) is 5.43. The Labute approximate surface area is 180 Å². The fourth-order valence-electron chi connectivity index (χ4n) is 3.03. The lowest BCUT2D eigenvalue weighted by atomic mass is 10.0. The smallest absolute Gasteiger partial charge is 0.432 e. The highest BCUT2D eigenvalue weighted by atomic mass is 17.5. The van der Waals surface area contributed by atoms with E-state index >= 15 is 0 Å². The lowest BCUT2D eigenvalue weighted by molar-refractivity contribution is -0.517. The molecule has 5 nitrogen and oxygen atoms in total. The summed E-state index contributed by atoms with van der Waals surface area (Å²) in [6.07, 6.45) is 21.0. The average Bonchev–Trinajstić information content (AvgIpc) is 2.70. The average molecular weight is 417 g/mol. The SMILES string of the molecule is CCCCCCCCCCCCCCCCCCOC(=O)OOOC(C)(C)CC. The highest BCUT2D eigenvalue weighted by Gasteiger charge is 2.19. The van der Waals surface area contributed by atoms with Crippen molar-refractivity contribution in [2.75, 3.05) is 6.61 Å². The molecule has 0 aliphatic carbocycles. The van der Waals surface area contributed by atoms with Crippen LogP contribution in [0.1, 0.15) is 137 Å². The Morgan fingerprint density at radius 2 is 1.07 bits per heavy atom. The molecule has 0 N–H and O–H groups in total. The maximum Gasteiger partial charge on any atom is 0.542 e. The molecule has 0 aliphatic rings. The lowest BCUT2D eigenvalue weighted by Gasteiger charge is -2.19. The van der Waals surface area contributed by atoms with Crippen LogP contribution >= 0.6 is 0 Å². The van der Waals surface area contributed by atoms with E-state index < -0.39 is 11.8 Å². The summed E-state index contributed by atoms with van der Waals surface area (Å²) < 4.78 is 4.94. The molecular formula is C24H48O5. The molecule has 0 spiro atoms. The van der Waals surface area contributed by atoms with Crippen LogP contribution in [0, 0.1) is 0 Å². The van der Waals surface area contributed by atoms with E-state index in [0.29, 0.717) is 6.61 Å². The van der Waals surface area contributed by atoms with E-state index in [4.69, 9.17) is 9.62 Å². The molecule has 0 atom stereocenters. The van der Waals surface area contributed by atoms with Crippen molar-refractivity contribution in [1.29, 1.82) is 0 Å². The third-order valence-corrected chi connectivity index (χ3v) is 5.43. The second-order valence-corrected chi connectivity index (χ2v) is 8.75. The predicted molar refractivity (Wildman–Crippen MR) is 119 cm³/mol. The van der Waals surface area contributed by atoms with Crippen molar-refractivity contribution < 1.29 is 24.3 Å². The van der Waals surface area contributed by atoms with Crippen molar-refractivity contribution in [2.45, 2.75) is 142 Å². The van der Waals surface area contributed by atoms with Crippen molar-refractivity contribution in [3.8, 4) is 0 Å². The molecule has 0 rings (SSSR count). The zero-order valence-electron chi connectivity index (χ0n) is 19.8. The topological polar surface area (TPSA) is 54.0 Å². The molecule has 0 bridgehead atoms. The van der Waals surface area contributed by atoms with Crippen molar-refractivity contribution in [3.05, 3.63) is 0 Å². The summed E-state index contributed by atoms with van der Waals surface area (Å²) in [7, 11) is 0. The Bertz CT molecular complexity index is 357. The van der Waals surface area contributed by atoms with Crippen LogP contribution in [-0.2, 0) is 19.6 Å². The molecule has 5 heteroatoms. The zero-order valence-corrected chi connectivity index (χ0v) is 19.8. The molecule has 0 unspecified atom stereocenters. The Morgan fingerprint density at radius 1 is 0.655 bits per heavy atom. The molecule has 0 radical (unpaired) electrons. The number of unbranched alkanes of at least 4 members (excludes halogenated alkanes) is 15. The summed E-state index contributed by atoms with van der Waals surface area (Å²) in [5, 5.41) is 4.46. The van der Waals surface area contributed by atoms with Gasteiger partial charge in [-0.05, 0) is 31.7 Å². The van der Waals surface area contributed by atoms with Crippen molar-refractivity contribution in [1.82, 2.24) is 0 Å². The van der Waals surface area contributed by atoms with E-state index in [1.165, 1.54) is 89.9 Å². The van der Waals surface area contributed by atoms with Crippen LogP contribution in [0.3, 0.4) is 0 Å². The summed E-state index contributed by atoms with van der Waals surface area (Å²) in [5.41, 5.74) is -0.492. The summed E-state index contributed by atoms with van der Waals surface area (Å²) in [5.74, 6) is 0. The number of carbonyl (C=O) groups excluding carboxylic acids is 1. The number of ether oxygens (including phenoxy) is 1. The number of carbonyl (C=O) groups is 1. The quantitative estimate of drug-likeness (QED) is 0.0813. The molecule has 0 aromatic carbocycles. The molecule has 0 saturated heterocycles. The minimum Gasteiger partial charge on any atom is -0.432 e. The van der Waals surface area contributed by atoms with E-state index in [-0.39, 0.29) is 0 Å². The summed E-state index contributed by atoms with van der Waals surface area (Å²) in [4.78, 5) is 20.7. The molecule has 0 aliphatic heterocycles. The van der Waals surface area contributed by atoms with Gasteiger partial charge < -0.3 is 4.74 Å². The monoisotopic (exact) mass is 416 g/mol. The van der Waals surface area contributed by atoms with Gasteiger partial charge in [-0.25, -0.2) is 9.68 Å². The van der Waals surface area contributed by atoms with Gasteiger partial charge >= 0.3 is 6.16 Å². The van der Waals surface area contributed by atoms with E-state index in [0.717, 1.165) is 19.3 Å². The van der Waals surface area contributed by atoms with Gasteiger partial charge in [0.2, 0.25) is 0 Å². The molecule has 0 aromatic heterocycles. The molecule has 0 saturated carbocycles. The minimum absolute atomic E-state index is 0.359. The van der Waals surface area contributed by atoms with Crippen LogP contribution in [0.5, 0.6) is 0 Å². The predicted octanol–water partition coefficient (Wildman–Crippen LogP) is 8.45. The first-order valence-corrected chi connectivity index (χ1v) is 12.2. The second-order valence-electron chi connectivity index (χ2n) is 8.75. The van der Waals surface area contributed by atoms with Crippen LogP contribution in [-0.4, -0.2) is 18.4 Å². The molecule has 29 heavy (non-hydrogen) atoms. The van der Waals surface area contributed by atoms with Gasteiger partial charge in [-0.2, -0.15) is 4.89 Å². The van der Waals surface area contributed by atoms with Crippen LogP contribution in [0.2, 0.25) is 0 Å². The third kappa shape index (κ3) is 21.7. The van der Waals surface area contributed by atoms with Crippen LogP contribution in [0.25, 0.3) is 0 Å². The lowest BCUT2D eigenvalue weighted by Crippen LogP contribution is -2.24. The van der Waals surface area contributed by atoms with E-state index in [1.807, 2.05) is 20.8 Å². The summed E-state index contributed by atoms with van der Waals surface area (Å²) in [6, 6.07) is 0. The minimum atomic E-state index is -0.849. The standard InChI is InChI=1S/C24H48O5/c1-5-7-8-9-10-11-12-13-14-15-16-17-18-19-20-21-22-26-23(25)27-29-28-24(3,4)6-2/h5-22H2,1-4H3. The first-order chi connectivity index (χ1) is 14.0. The Kier molecular flexibility index (Phi) is 19.9. The Morgan fingerprint density at radius 3 is 1.48 bits per heavy atom. The number of rotatable bonds is 21. The van der Waals surface area contributed by atoms with Gasteiger partial charge in [0.05, 0.1) is 6.61 Å². The summed E-state index contributed by atoms with van der Waals surface area (Å²) >= 11 is 0. The molecule has 0 fully saturated rings. The second kappa shape index (κ2) is 20.5. The molecular weight excluding hydrogens is 368 g/mol. The van der Waals surface area contributed by atoms with Crippen LogP contribution in [0.4, 0.5) is 4.79 Å². The largest absolute Gasteiger partial charge is 0.542 e. The van der Waals surface area contributed by atoms with Gasteiger partial charge in [-0.3, -0.25) is 0 Å². The summed E-state index contributed by atoms with van der Waals surface area (Å²) in [6.45, 7) is 8.28. The number of hydrogen-bond donors (Lipinski definition) is 0. The van der Waals surface area contributed by atoms with Crippen molar-refractivity contribution in [2.24, 2.45) is 0 Å². The zero-order chi connectivity index (χ0) is 21.6.